The number of nitrogens with zero attached hydrogens (tertiary/aromatic N) is 1. The summed E-state index contributed by atoms with van der Waals surface area (Å²) in [5.41, 5.74) is -0.0513. The molecule has 0 unspecified atom stereocenters. The van der Waals surface area contributed by atoms with E-state index >= 15 is 0 Å². The largest absolute Gasteiger partial charge is 0.385 e. The van der Waals surface area contributed by atoms with Crippen LogP contribution in [-0.4, -0.2) is 20.3 Å². The number of hydrogen-bond acceptors (Lipinski definition) is 3. The molecule has 0 saturated heterocycles. The molecule has 0 bridgehead atoms. The van der Waals surface area contributed by atoms with E-state index in [0.29, 0.717) is 13.2 Å². The molecule has 92 valence electrons. The second-order valence-corrected chi connectivity index (χ2v) is 3.55. The molecule has 0 heterocycles. The lowest BCUT2D eigenvalue weighted by Crippen LogP contribution is -2.18. The van der Waals surface area contributed by atoms with Gasteiger partial charge < -0.3 is 10.1 Å². The van der Waals surface area contributed by atoms with Crippen LogP contribution in [0.15, 0.2) is 12.1 Å². The summed E-state index contributed by atoms with van der Waals surface area (Å²) in [5, 5.41) is 11.5. The Kier molecular flexibility index (Phi) is 5.53. The van der Waals surface area contributed by atoms with E-state index in [1.807, 2.05) is 0 Å². The monoisotopic (exact) mass is 240 g/mol. The summed E-state index contributed by atoms with van der Waals surface area (Å²) >= 11 is 0. The van der Waals surface area contributed by atoms with Crippen molar-refractivity contribution in [2.24, 2.45) is 0 Å². The Hall–Kier alpha value is -1.51. The molecule has 0 aliphatic heterocycles. The van der Waals surface area contributed by atoms with Crippen LogP contribution in [0.2, 0.25) is 0 Å². The average Bonchev–Trinajstić information content (AvgIpc) is 2.31. The first-order chi connectivity index (χ1) is 8.19. The first-order valence-electron chi connectivity index (χ1n) is 5.26. The molecule has 0 aliphatic carbocycles. The second-order valence-electron chi connectivity index (χ2n) is 3.55. The van der Waals surface area contributed by atoms with Crippen LogP contribution >= 0.6 is 0 Å². The fourth-order valence-corrected chi connectivity index (χ4v) is 1.39. The maximum atomic E-state index is 13.4. The zero-order valence-electron chi connectivity index (χ0n) is 9.59. The second kappa shape index (κ2) is 6.94. The molecular formula is C12H14F2N2O. The minimum atomic E-state index is -0.694. The minimum Gasteiger partial charge on any atom is -0.385 e. The highest BCUT2D eigenvalue weighted by molar-refractivity contribution is 5.34. The van der Waals surface area contributed by atoms with E-state index in [2.05, 4.69) is 5.32 Å². The van der Waals surface area contributed by atoms with E-state index in [1.54, 1.807) is 13.2 Å². The average molecular weight is 240 g/mol. The lowest BCUT2D eigenvalue weighted by atomic mass is 10.1. The highest BCUT2D eigenvalue weighted by Gasteiger charge is 2.10. The number of hydrogen-bond donors (Lipinski definition) is 1. The summed E-state index contributed by atoms with van der Waals surface area (Å²) in [4.78, 5) is 0. The van der Waals surface area contributed by atoms with Crippen molar-refractivity contribution >= 4 is 0 Å². The summed E-state index contributed by atoms with van der Waals surface area (Å²) in [5.74, 6) is -1.39. The van der Waals surface area contributed by atoms with Crippen LogP contribution in [0, 0.1) is 23.0 Å². The Morgan fingerprint density at radius 1 is 1.35 bits per heavy atom. The summed E-state index contributed by atoms with van der Waals surface area (Å²) in [6.07, 6.45) is 0.774. The van der Waals surface area contributed by atoms with Crippen LogP contribution in [0.1, 0.15) is 17.5 Å². The smallest absolute Gasteiger partial charge is 0.131 e. The predicted octanol–water partition coefficient (Wildman–Crippen LogP) is 1.96. The summed E-state index contributed by atoms with van der Waals surface area (Å²) < 4.78 is 31.7. The van der Waals surface area contributed by atoms with Crippen LogP contribution < -0.4 is 5.32 Å². The van der Waals surface area contributed by atoms with Gasteiger partial charge in [-0.1, -0.05) is 0 Å². The van der Waals surface area contributed by atoms with E-state index in [0.717, 1.165) is 18.6 Å². The quantitative estimate of drug-likeness (QED) is 0.773. The number of halogens is 2. The molecular weight excluding hydrogens is 226 g/mol. The molecule has 1 aromatic rings. The van der Waals surface area contributed by atoms with E-state index in [4.69, 9.17) is 10.00 Å². The number of benzene rings is 1. The summed E-state index contributed by atoms with van der Waals surface area (Å²) in [6, 6.07) is 3.78. The van der Waals surface area contributed by atoms with E-state index in [-0.39, 0.29) is 17.7 Å². The highest BCUT2D eigenvalue weighted by atomic mass is 19.1. The van der Waals surface area contributed by atoms with Gasteiger partial charge in [-0.15, -0.1) is 0 Å². The molecule has 0 fully saturated rings. The Morgan fingerprint density at radius 3 is 2.53 bits per heavy atom. The molecule has 3 nitrogen and oxygen atoms in total. The van der Waals surface area contributed by atoms with Gasteiger partial charge in [-0.3, -0.25) is 0 Å². The van der Waals surface area contributed by atoms with Crippen molar-refractivity contribution in [1.29, 1.82) is 5.26 Å². The topological polar surface area (TPSA) is 45.0 Å². The van der Waals surface area contributed by atoms with Crippen LogP contribution in [0.5, 0.6) is 0 Å². The molecule has 5 heteroatoms. The van der Waals surface area contributed by atoms with E-state index < -0.39 is 11.6 Å². The molecule has 0 radical (unpaired) electrons. The lowest BCUT2D eigenvalue weighted by molar-refractivity contribution is 0.194. The van der Waals surface area contributed by atoms with Crippen LogP contribution in [0.3, 0.4) is 0 Å². The van der Waals surface area contributed by atoms with Gasteiger partial charge in [0.25, 0.3) is 0 Å². The Balaban J connectivity index is 2.57. The predicted molar refractivity (Wildman–Crippen MR) is 59.3 cm³/mol. The minimum absolute atomic E-state index is 0.0110. The van der Waals surface area contributed by atoms with Crippen molar-refractivity contribution in [3.63, 3.8) is 0 Å². The van der Waals surface area contributed by atoms with E-state index in [1.165, 1.54) is 0 Å². The van der Waals surface area contributed by atoms with Crippen LogP contribution in [0.25, 0.3) is 0 Å². The van der Waals surface area contributed by atoms with Gasteiger partial charge in [-0.05, 0) is 25.1 Å². The fourth-order valence-electron chi connectivity index (χ4n) is 1.39. The molecule has 1 N–H and O–H groups in total. The Labute approximate surface area is 99.0 Å². The van der Waals surface area contributed by atoms with Crippen molar-refractivity contribution in [3.05, 3.63) is 34.9 Å². The normalized spacial score (nSPS) is 10.2. The molecule has 17 heavy (non-hydrogen) atoms. The number of nitrogens with one attached hydrogen (secondary N) is 1. The fraction of sp³-hybridized carbons (Fsp3) is 0.417. The van der Waals surface area contributed by atoms with Gasteiger partial charge in [0.2, 0.25) is 0 Å². The van der Waals surface area contributed by atoms with Gasteiger partial charge in [0, 0.05) is 25.8 Å². The molecule has 0 aliphatic rings. The maximum absolute atomic E-state index is 13.4. The molecule has 1 aromatic carbocycles. The Bertz CT molecular complexity index is 392. The van der Waals surface area contributed by atoms with Gasteiger partial charge in [-0.25, -0.2) is 8.78 Å². The zero-order valence-corrected chi connectivity index (χ0v) is 9.59. The third-order valence-corrected chi connectivity index (χ3v) is 2.27. The molecule has 0 spiro atoms. The molecule has 0 amide bonds. The molecule has 0 atom stereocenters. The van der Waals surface area contributed by atoms with Gasteiger partial charge in [0.1, 0.15) is 11.6 Å². The SMILES string of the molecule is COCCCNCc1c(F)cc(C#N)cc1F. The third-order valence-electron chi connectivity index (χ3n) is 2.27. The third kappa shape index (κ3) is 4.10. The highest BCUT2D eigenvalue weighted by Crippen LogP contribution is 2.14. The first-order valence-corrected chi connectivity index (χ1v) is 5.26. The van der Waals surface area contributed by atoms with Gasteiger partial charge in [-0.2, -0.15) is 5.26 Å². The maximum Gasteiger partial charge on any atom is 0.131 e. The van der Waals surface area contributed by atoms with Crippen molar-refractivity contribution in [1.82, 2.24) is 5.32 Å². The number of nitriles is 1. The van der Waals surface area contributed by atoms with Gasteiger partial charge >= 0.3 is 0 Å². The van der Waals surface area contributed by atoms with Gasteiger partial charge in [0.05, 0.1) is 11.6 Å². The molecule has 0 saturated carbocycles. The van der Waals surface area contributed by atoms with Crippen molar-refractivity contribution in [2.75, 3.05) is 20.3 Å². The van der Waals surface area contributed by atoms with E-state index in [9.17, 15) is 8.78 Å². The van der Waals surface area contributed by atoms with Crippen molar-refractivity contribution < 1.29 is 13.5 Å². The lowest BCUT2D eigenvalue weighted by Gasteiger charge is -2.07. The Morgan fingerprint density at radius 2 is 2.00 bits per heavy atom. The van der Waals surface area contributed by atoms with Crippen molar-refractivity contribution in [3.8, 4) is 6.07 Å². The number of rotatable bonds is 6. The van der Waals surface area contributed by atoms with Gasteiger partial charge in [0.15, 0.2) is 0 Å². The molecule has 1 rings (SSSR count). The number of ether oxygens (including phenoxy) is 1. The number of methoxy groups -OCH3 is 1. The van der Waals surface area contributed by atoms with Crippen LogP contribution in [0.4, 0.5) is 8.78 Å². The first kappa shape index (κ1) is 13.6. The summed E-state index contributed by atoms with van der Waals surface area (Å²) in [6.45, 7) is 1.32. The van der Waals surface area contributed by atoms with Crippen LogP contribution in [-0.2, 0) is 11.3 Å². The zero-order chi connectivity index (χ0) is 12.7. The van der Waals surface area contributed by atoms with Crippen molar-refractivity contribution in [2.45, 2.75) is 13.0 Å². The molecule has 0 aromatic heterocycles. The standard InChI is InChI=1S/C12H14F2N2O/c1-17-4-2-3-16-8-10-11(13)5-9(7-15)6-12(10)14/h5-6,16H,2-4,8H2,1H3. The summed E-state index contributed by atoms with van der Waals surface area (Å²) in [7, 11) is 1.60.